The number of carboxylic acids is 1. The molecule has 0 radical (unpaired) electrons. The first-order valence-electron chi connectivity index (χ1n) is 3.80. The minimum Gasteiger partial charge on any atom is -0.478 e. The molecule has 15 heavy (non-hydrogen) atoms. The highest BCUT2D eigenvalue weighted by Gasteiger charge is 2.21. The number of rotatable bonds is 3. The molecule has 0 heterocycles. The lowest BCUT2D eigenvalue weighted by Gasteiger charge is -2.02. The van der Waals surface area contributed by atoms with Crippen molar-refractivity contribution in [2.45, 2.75) is 0 Å². The molecule has 0 aliphatic carbocycles. The van der Waals surface area contributed by atoms with E-state index in [-0.39, 0.29) is 5.56 Å². The average molecular weight is 211 g/mol. The molecule has 0 fully saturated rings. The van der Waals surface area contributed by atoms with Crippen LogP contribution in [-0.2, 0) is 4.79 Å². The zero-order valence-corrected chi connectivity index (χ0v) is 7.44. The summed E-state index contributed by atoms with van der Waals surface area (Å²) >= 11 is 0. The van der Waals surface area contributed by atoms with Gasteiger partial charge in [-0.1, -0.05) is 18.7 Å². The minimum absolute atomic E-state index is 0.378. The number of aliphatic carboxylic acids is 1. The Morgan fingerprint density at radius 2 is 2.13 bits per heavy atom. The van der Waals surface area contributed by atoms with Crippen molar-refractivity contribution in [3.05, 3.63) is 46.3 Å². The fraction of sp³-hybridized carbons (Fsp3) is 0. The largest absolute Gasteiger partial charge is 0.478 e. The molecule has 0 aromatic heterocycles. The summed E-state index contributed by atoms with van der Waals surface area (Å²) < 4.78 is 13.4. The van der Waals surface area contributed by atoms with Gasteiger partial charge < -0.3 is 5.11 Å². The monoisotopic (exact) mass is 211 g/mol. The van der Waals surface area contributed by atoms with Crippen molar-refractivity contribution < 1.29 is 19.2 Å². The molecule has 0 spiro atoms. The van der Waals surface area contributed by atoms with Crippen molar-refractivity contribution in [3.63, 3.8) is 0 Å². The van der Waals surface area contributed by atoms with E-state index in [0.717, 1.165) is 12.1 Å². The Kier molecular flexibility index (Phi) is 2.80. The highest BCUT2D eigenvalue weighted by Crippen LogP contribution is 2.24. The maximum absolute atomic E-state index is 13.4. The van der Waals surface area contributed by atoms with Crippen LogP contribution in [0.2, 0.25) is 0 Å². The highest BCUT2D eigenvalue weighted by atomic mass is 19.1. The normalized spacial score (nSPS) is 9.67. The van der Waals surface area contributed by atoms with E-state index in [9.17, 15) is 19.3 Å². The van der Waals surface area contributed by atoms with Crippen LogP contribution in [0.3, 0.4) is 0 Å². The Balaban J connectivity index is 3.33. The molecule has 0 saturated heterocycles. The molecule has 0 saturated carbocycles. The summed E-state index contributed by atoms with van der Waals surface area (Å²) in [5, 5.41) is 18.9. The van der Waals surface area contributed by atoms with Crippen LogP contribution >= 0.6 is 0 Å². The van der Waals surface area contributed by atoms with Crippen LogP contribution in [-0.4, -0.2) is 16.0 Å². The molecular formula is C9H6FNO4. The van der Waals surface area contributed by atoms with E-state index in [0.29, 0.717) is 0 Å². The molecule has 1 N–H and O–H groups in total. The van der Waals surface area contributed by atoms with Gasteiger partial charge in [-0.05, 0) is 0 Å². The third-order valence-electron chi connectivity index (χ3n) is 1.76. The summed E-state index contributed by atoms with van der Waals surface area (Å²) in [4.78, 5) is 19.9. The molecule has 1 aromatic rings. The molecule has 0 amide bonds. The Morgan fingerprint density at radius 3 is 2.60 bits per heavy atom. The molecule has 0 aliphatic rings. The van der Waals surface area contributed by atoms with Gasteiger partial charge in [0.2, 0.25) is 5.82 Å². The van der Waals surface area contributed by atoms with Crippen LogP contribution in [0, 0.1) is 15.9 Å². The molecule has 0 atom stereocenters. The molecule has 5 nitrogen and oxygen atoms in total. The Bertz CT molecular complexity index is 455. The van der Waals surface area contributed by atoms with Crippen molar-refractivity contribution in [2.75, 3.05) is 0 Å². The third-order valence-corrected chi connectivity index (χ3v) is 1.76. The summed E-state index contributed by atoms with van der Waals surface area (Å²) in [6.07, 6.45) is 0. The first-order chi connectivity index (χ1) is 6.95. The van der Waals surface area contributed by atoms with E-state index in [1.807, 2.05) is 0 Å². The lowest BCUT2D eigenvalue weighted by atomic mass is 10.1. The number of hydrogen-bond donors (Lipinski definition) is 1. The molecule has 1 rings (SSSR count). The van der Waals surface area contributed by atoms with Crippen molar-refractivity contribution in [1.29, 1.82) is 0 Å². The molecule has 0 aliphatic heterocycles. The van der Waals surface area contributed by atoms with Crippen LogP contribution in [0.4, 0.5) is 10.1 Å². The number of hydrogen-bond acceptors (Lipinski definition) is 3. The van der Waals surface area contributed by atoms with E-state index in [1.165, 1.54) is 6.07 Å². The fourth-order valence-electron chi connectivity index (χ4n) is 1.01. The van der Waals surface area contributed by atoms with Crippen LogP contribution in [0.5, 0.6) is 0 Å². The second-order valence-electron chi connectivity index (χ2n) is 2.68. The number of nitro groups is 1. The zero-order valence-electron chi connectivity index (χ0n) is 7.44. The van der Waals surface area contributed by atoms with Gasteiger partial charge in [-0.25, -0.2) is 4.79 Å². The zero-order chi connectivity index (χ0) is 11.6. The number of halogens is 1. The number of nitrogens with zero attached hydrogens (tertiary/aromatic N) is 1. The maximum atomic E-state index is 13.4. The molecule has 0 unspecified atom stereocenters. The van der Waals surface area contributed by atoms with Gasteiger partial charge in [-0.3, -0.25) is 10.1 Å². The van der Waals surface area contributed by atoms with Crippen LogP contribution in [0.15, 0.2) is 24.8 Å². The van der Waals surface area contributed by atoms with Crippen molar-refractivity contribution in [2.24, 2.45) is 0 Å². The number of carboxylic acid groups (broad SMARTS) is 1. The van der Waals surface area contributed by atoms with E-state index < -0.39 is 28.0 Å². The van der Waals surface area contributed by atoms with Crippen LogP contribution < -0.4 is 0 Å². The molecule has 78 valence electrons. The summed E-state index contributed by atoms with van der Waals surface area (Å²) in [5.74, 6) is -2.61. The van der Waals surface area contributed by atoms with Crippen LogP contribution in [0.25, 0.3) is 5.57 Å². The lowest BCUT2D eigenvalue weighted by molar-refractivity contribution is -0.387. The number of benzene rings is 1. The molecule has 6 heteroatoms. The fourth-order valence-corrected chi connectivity index (χ4v) is 1.01. The second-order valence-corrected chi connectivity index (χ2v) is 2.68. The minimum atomic E-state index is -1.42. The Hall–Kier alpha value is -2.24. The summed E-state index contributed by atoms with van der Waals surface area (Å²) in [7, 11) is 0. The third kappa shape index (κ3) is 1.98. The Morgan fingerprint density at radius 1 is 1.53 bits per heavy atom. The Labute approximate surface area is 83.6 Å². The predicted octanol–water partition coefficient (Wildman–Crippen LogP) is 1.83. The van der Waals surface area contributed by atoms with Gasteiger partial charge in [0.05, 0.1) is 10.5 Å². The number of carbonyl (C=O) groups is 1. The predicted molar refractivity (Wildman–Crippen MR) is 49.7 cm³/mol. The van der Waals surface area contributed by atoms with Gasteiger partial charge >= 0.3 is 11.7 Å². The molecule has 1 aromatic carbocycles. The van der Waals surface area contributed by atoms with Gasteiger partial charge in [-0.2, -0.15) is 4.39 Å². The molecule has 0 bridgehead atoms. The summed E-state index contributed by atoms with van der Waals surface area (Å²) in [6, 6.07) is 3.28. The van der Waals surface area contributed by atoms with Crippen LogP contribution in [0.1, 0.15) is 5.56 Å². The quantitative estimate of drug-likeness (QED) is 0.469. The summed E-state index contributed by atoms with van der Waals surface area (Å²) in [5.41, 5.74) is -1.66. The first kappa shape index (κ1) is 10.8. The highest BCUT2D eigenvalue weighted by molar-refractivity contribution is 6.14. The summed E-state index contributed by atoms with van der Waals surface area (Å²) in [6.45, 7) is 3.12. The van der Waals surface area contributed by atoms with Crippen molar-refractivity contribution >= 4 is 17.2 Å². The SMILES string of the molecule is C=C(C(=O)O)c1cccc([N+](=O)[O-])c1F. The lowest BCUT2D eigenvalue weighted by Crippen LogP contribution is -2.02. The molecular weight excluding hydrogens is 205 g/mol. The van der Waals surface area contributed by atoms with Gasteiger partial charge in [0.25, 0.3) is 0 Å². The second kappa shape index (κ2) is 3.87. The van der Waals surface area contributed by atoms with E-state index in [4.69, 9.17) is 5.11 Å². The standard InChI is InChI=1S/C9H6FNO4/c1-5(9(12)13)6-3-2-4-7(8(6)10)11(14)15/h2-4H,1H2,(H,12,13). The van der Waals surface area contributed by atoms with Gasteiger partial charge in [0.1, 0.15) is 0 Å². The number of nitro benzene ring substituents is 1. The van der Waals surface area contributed by atoms with E-state index in [1.54, 1.807) is 0 Å². The van der Waals surface area contributed by atoms with Gasteiger partial charge in [-0.15, -0.1) is 0 Å². The average Bonchev–Trinajstić information content (AvgIpc) is 2.16. The van der Waals surface area contributed by atoms with Gasteiger partial charge in [0, 0.05) is 11.6 Å². The van der Waals surface area contributed by atoms with Gasteiger partial charge in [0.15, 0.2) is 0 Å². The maximum Gasteiger partial charge on any atom is 0.335 e. The van der Waals surface area contributed by atoms with Crippen molar-refractivity contribution in [1.82, 2.24) is 0 Å². The van der Waals surface area contributed by atoms with E-state index >= 15 is 0 Å². The smallest absolute Gasteiger partial charge is 0.335 e. The first-order valence-corrected chi connectivity index (χ1v) is 3.80. The van der Waals surface area contributed by atoms with Crippen molar-refractivity contribution in [3.8, 4) is 0 Å². The topological polar surface area (TPSA) is 80.4 Å². The van der Waals surface area contributed by atoms with E-state index in [2.05, 4.69) is 6.58 Å².